The molecule has 4 rings (SSSR count). The van der Waals surface area contributed by atoms with Crippen LogP contribution in [0.25, 0.3) is 11.3 Å². The summed E-state index contributed by atoms with van der Waals surface area (Å²) in [5, 5.41) is 2.86. The van der Waals surface area contributed by atoms with Crippen LogP contribution in [0.3, 0.4) is 0 Å². The zero-order valence-corrected chi connectivity index (χ0v) is 17.3. The third-order valence-electron chi connectivity index (χ3n) is 4.54. The number of hydrogen-bond acceptors (Lipinski definition) is 5. The molecule has 1 heterocycles. The zero-order chi connectivity index (χ0) is 22.3. The Kier molecular flexibility index (Phi) is 6.36. The standard InChI is InChI=1S/C25H20FN3O3/c1-2-31-23-9-4-3-8-21(23)29-25(30)18-6-5-7-20(14-18)32-24-15-22(27-16-28-24)17-10-12-19(26)13-11-17/h3-16H,2H2,1H3,(H,29,30). The van der Waals surface area contributed by atoms with Gasteiger partial charge in [-0.05, 0) is 61.5 Å². The summed E-state index contributed by atoms with van der Waals surface area (Å²) in [5.74, 6) is 0.735. The second-order valence-electron chi connectivity index (χ2n) is 6.76. The fourth-order valence-electron chi connectivity index (χ4n) is 3.04. The van der Waals surface area contributed by atoms with E-state index in [0.717, 1.165) is 5.56 Å². The van der Waals surface area contributed by atoms with Crippen LogP contribution in [0, 0.1) is 5.82 Å². The van der Waals surface area contributed by atoms with Gasteiger partial charge in [0.15, 0.2) is 0 Å². The summed E-state index contributed by atoms with van der Waals surface area (Å²) in [5.41, 5.74) is 2.34. The Morgan fingerprint density at radius 2 is 1.78 bits per heavy atom. The van der Waals surface area contributed by atoms with E-state index < -0.39 is 0 Å². The third-order valence-corrected chi connectivity index (χ3v) is 4.54. The molecule has 3 aromatic carbocycles. The van der Waals surface area contributed by atoms with Crippen LogP contribution in [0.1, 0.15) is 17.3 Å². The Labute approximate surface area is 184 Å². The third kappa shape index (κ3) is 5.07. The van der Waals surface area contributed by atoms with Gasteiger partial charge in [0.1, 0.15) is 23.6 Å². The SMILES string of the molecule is CCOc1ccccc1NC(=O)c1cccc(Oc2cc(-c3ccc(F)cc3)ncn2)c1. The van der Waals surface area contributed by atoms with Crippen LogP contribution >= 0.6 is 0 Å². The molecule has 0 saturated heterocycles. The molecule has 0 saturated carbocycles. The zero-order valence-electron chi connectivity index (χ0n) is 17.3. The van der Waals surface area contributed by atoms with Crippen molar-refractivity contribution in [3.63, 3.8) is 0 Å². The highest BCUT2D eigenvalue weighted by Gasteiger charge is 2.11. The second kappa shape index (κ2) is 9.70. The quantitative estimate of drug-likeness (QED) is 0.406. The molecule has 0 spiro atoms. The highest BCUT2D eigenvalue weighted by Crippen LogP contribution is 2.27. The number of anilines is 1. The molecule has 1 aromatic heterocycles. The van der Waals surface area contributed by atoms with Gasteiger partial charge in [-0.1, -0.05) is 18.2 Å². The van der Waals surface area contributed by atoms with E-state index in [1.165, 1.54) is 18.5 Å². The minimum atomic E-state index is -0.321. The maximum Gasteiger partial charge on any atom is 0.255 e. The molecule has 0 fully saturated rings. The summed E-state index contributed by atoms with van der Waals surface area (Å²) in [7, 11) is 0. The first-order valence-corrected chi connectivity index (χ1v) is 10.0. The van der Waals surface area contributed by atoms with E-state index in [-0.39, 0.29) is 11.7 Å². The monoisotopic (exact) mass is 429 g/mol. The molecule has 4 aromatic rings. The predicted octanol–water partition coefficient (Wildman–Crippen LogP) is 5.73. The number of benzene rings is 3. The summed E-state index contributed by atoms with van der Waals surface area (Å²) in [6.45, 7) is 2.38. The number of rotatable bonds is 7. The lowest BCUT2D eigenvalue weighted by Gasteiger charge is -2.12. The van der Waals surface area contributed by atoms with Gasteiger partial charge in [0.25, 0.3) is 5.91 Å². The van der Waals surface area contributed by atoms with Crippen molar-refractivity contribution in [2.75, 3.05) is 11.9 Å². The predicted molar refractivity (Wildman–Crippen MR) is 120 cm³/mol. The number of nitrogens with zero attached hydrogens (tertiary/aromatic N) is 2. The summed E-state index contributed by atoms with van der Waals surface area (Å²) in [4.78, 5) is 21.1. The number of halogens is 1. The van der Waals surface area contributed by atoms with E-state index in [0.29, 0.717) is 40.9 Å². The van der Waals surface area contributed by atoms with E-state index in [2.05, 4.69) is 15.3 Å². The number of aromatic nitrogens is 2. The summed E-state index contributed by atoms with van der Waals surface area (Å²) in [6.07, 6.45) is 1.37. The number of nitrogens with one attached hydrogen (secondary N) is 1. The average molecular weight is 429 g/mol. The molecule has 0 radical (unpaired) electrons. The topological polar surface area (TPSA) is 73.3 Å². The Bertz CT molecular complexity index is 1230. The van der Waals surface area contributed by atoms with Crippen molar-refractivity contribution < 1.29 is 18.7 Å². The van der Waals surface area contributed by atoms with Crippen LogP contribution in [0.15, 0.2) is 85.2 Å². The van der Waals surface area contributed by atoms with Crippen molar-refractivity contribution in [3.8, 4) is 28.6 Å². The molecule has 160 valence electrons. The molecule has 0 aliphatic carbocycles. The molecular weight excluding hydrogens is 409 g/mol. The van der Waals surface area contributed by atoms with Crippen molar-refractivity contribution in [1.82, 2.24) is 9.97 Å². The molecule has 0 aliphatic rings. The summed E-state index contributed by atoms with van der Waals surface area (Å²) < 4.78 is 24.6. The van der Waals surface area contributed by atoms with Crippen molar-refractivity contribution >= 4 is 11.6 Å². The van der Waals surface area contributed by atoms with Gasteiger partial charge in [0.2, 0.25) is 5.88 Å². The average Bonchev–Trinajstić information content (AvgIpc) is 2.81. The van der Waals surface area contributed by atoms with Crippen LogP contribution in [0.5, 0.6) is 17.4 Å². The molecule has 0 unspecified atom stereocenters. The van der Waals surface area contributed by atoms with E-state index in [4.69, 9.17) is 9.47 Å². The number of para-hydroxylation sites is 2. The van der Waals surface area contributed by atoms with Crippen LogP contribution in [0.4, 0.5) is 10.1 Å². The first kappa shape index (κ1) is 21.0. The molecule has 1 amide bonds. The molecular formula is C25H20FN3O3. The van der Waals surface area contributed by atoms with Gasteiger partial charge in [0, 0.05) is 17.2 Å². The molecule has 0 bridgehead atoms. The van der Waals surface area contributed by atoms with Gasteiger partial charge in [0.05, 0.1) is 18.0 Å². The Hall–Kier alpha value is -4.26. The second-order valence-corrected chi connectivity index (χ2v) is 6.76. The van der Waals surface area contributed by atoms with Crippen LogP contribution < -0.4 is 14.8 Å². The number of ether oxygens (including phenoxy) is 2. The minimum Gasteiger partial charge on any atom is -0.492 e. The number of amides is 1. The Morgan fingerprint density at radius 1 is 0.969 bits per heavy atom. The lowest BCUT2D eigenvalue weighted by Crippen LogP contribution is -2.13. The van der Waals surface area contributed by atoms with Gasteiger partial charge >= 0.3 is 0 Å². The van der Waals surface area contributed by atoms with Crippen molar-refractivity contribution in [1.29, 1.82) is 0 Å². The molecule has 1 N–H and O–H groups in total. The molecule has 0 atom stereocenters. The molecule has 6 nitrogen and oxygen atoms in total. The Morgan fingerprint density at radius 3 is 2.59 bits per heavy atom. The summed E-state index contributed by atoms with van der Waals surface area (Å²) in [6, 6.07) is 21.7. The van der Waals surface area contributed by atoms with Gasteiger partial charge < -0.3 is 14.8 Å². The fraction of sp³-hybridized carbons (Fsp3) is 0.0800. The van der Waals surface area contributed by atoms with Crippen molar-refractivity contribution in [2.45, 2.75) is 6.92 Å². The van der Waals surface area contributed by atoms with E-state index >= 15 is 0 Å². The maximum absolute atomic E-state index is 13.2. The molecule has 0 aliphatic heterocycles. The lowest BCUT2D eigenvalue weighted by molar-refractivity contribution is 0.102. The molecule has 32 heavy (non-hydrogen) atoms. The fourth-order valence-corrected chi connectivity index (χ4v) is 3.04. The van der Waals surface area contributed by atoms with E-state index in [9.17, 15) is 9.18 Å². The van der Waals surface area contributed by atoms with Gasteiger partial charge in [-0.2, -0.15) is 0 Å². The highest BCUT2D eigenvalue weighted by atomic mass is 19.1. The van der Waals surface area contributed by atoms with Crippen molar-refractivity contribution in [3.05, 3.63) is 96.6 Å². The number of carbonyl (C=O) groups excluding carboxylic acids is 1. The summed E-state index contributed by atoms with van der Waals surface area (Å²) >= 11 is 0. The van der Waals surface area contributed by atoms with Gasteiger partial charge in [-0.25, -0.2) is 14.4 Å². The number of hydrogen-bond donors (Lipinski definition) is 1. The van der Waals surface area contributed by atoms with Gasteiger partial charge in [-0.3, -0.25) is 4.79 Å². The number of carbonyl (C=O) groups is 1. The minimum absolute atomic E-state index is 0.294. The Balaban J connectivity index is 1.51. The van der Waals surface area contributed by atoms with Crippen molar-refractivity contribution in [2.24, 2.45) is 0 Å². The van der Waals surface area contributed by atoms with Gasteiger partial charge in [-0.15, -0.1) is 0 Å². The van der Waals surface area contributed by atoms with Crippen LogP contribution in [-0.4, -0.2) is 22.5 Å². The van der Waals surface area contributed by atoms with E-state index in [1.807, 2.05) is 19.1 Å². The lowest BCUT2D eigenvalue weighted by atomic mass is 10.1. The largest absolute Gasteiger partial charge is 0.492 e. The first-order chi connectivity index (χ1) is 15.6. The first-order valence-electron chi connectivity index (χ1n) is 10.0. The van der Waals surface area contributed by atoms with Crippen LogP contribution in [-0.2, 0) is 0 Å². The normalized spacial score (nSPS) is 10.4. The van der Waals surface area contributed by atoms with E-state index in [1.54, 1.807) is 54.6 Å². The smallest absolute Gasteiger partial charge is 0.255 e. The van der Waals surface area contributed by atoms with Crippen LogP contribution in [0.2, 0.25) is 0 Å². The maximum atomic E-state index is 13.2. The highest BCUT2D eigenvalue weighted by molar-refractivity contribution is 6.05. The molecule has 7 heteroatoms.